The molecule has 4 heteroatoms. The Bertz CT molecular complexity index is 337. The van der Waals surface area contributed by atoms with Crippen molar-refractivity contribution in [2.45, 2.75) is 31.7 Å². The Morgan fingerprint density at radius 3 is 2.81 bits per heavy atom. The predicted octanol–water partition coefficient (Wildman–Crippen LogP) is 1.41. The molecule has 1 heterocycles. The van der Waals surface area contributed by atoms with Crippen molar-refractivity contribution >= 4 is 11.5 Å². The second kappa shape index (κ2) is 5.16. The van der Waals surface area contributed by atoms with Crippen molar-refractivity contribution < 1.29 is 5.11 Å². The van der Waals surface area contributed by atoms with E-state index in [0.717, 1.165) is 11.5 Å². The average molecular weight is 221 g/mol. The Balaban J connectivity index is 2.17. The summed E-state index contributed by atoms with van der Waals surface area (Å²) >= 11 is 0. The van der Waals surface area contributed by atoms with Gasteiger partial charge in [0.05, 0.1) is 6.61 Å². The monoisotopic (exact) mass is 221 g/mol. The highest BCUT2D eigenvalue weighted by Crippen LogP contribution is 2.27. The molecular formula is C12H19N3O. The van der Waals surface area contributed by atoms with Crippen LogP contribution in [0.3, 0.4) is 0 Å². The van der Waals surface area contributed by atoms with Crippen LogP contribution in [0.4, 0.5) is 11.5 Å². The Kier molecular flexibility index (Phi) is 3.62. The largest absolute Gasteiger partial charge is 0.399 e. The van der Waals surface area contributed by atoms with E-state index in [9.17, 15) is 0 Å². The molecule has 4 nitrogen and oxygen atoms in total. The summed E-state index contributed by atoms with van der Waals surface area (Å²) in [6.45, 7) is 0.800. The molecule has 0 amide bonds. The standard InChI is InChI=1S/C12H19N3O/c13-10-5-6-14-12(9-10)15(7-8-16)11-3-1-2-4-11/h5-6,9,11,16H,1-4,7-8H2,(H2,13,14). The van der Waals surface area contributed by atoms with Crippen LogP contribution in [0, 0.1) is 0 Å². The Morgan fingerprint density at radius 1 is 1.44 bits per heavy atom. The first-order chi connectivity index (χ1) is 7.81. The van der Waals surface area contributed by atoms with E-state index in [1.54, 1.807) is 12.3 Å². The minimum Gasteiger partial charge on any atom is -0.399 e. The summed E-state index contributed by atoms with van der Waals surface area (Å²) in [4.78, 5) is 6.52. The van der Waals surface area contributed by atoms with Gasteiger partial charge in [0, 0.05) is 30.5 Å². The summed E-state index contributed by atoms with van der Waals surface area (Å²) in [6.07, 6.45) is 6.65. The minimum atomic E-state index is 0.160. The first kappa shape index (κ1) is 11.2. The number of nitrogen functional groups attached to an aromatic ring is 1. The molecule has 88 valence electrons. The van der Waals surface area contributed by atoms with E-state index in [1.165, 1.54) is 25.7 Å². The van der Waals surface area contributed by atoms with Crippen molar-refractivity contribution in [2.24, 2.45) is 0 Å². The van der Waals surface area contributed by atoms with E-state index >= 15 is 0 Å². The van der Waals surface area contributed by atoms with Crippen LogP contribution in [-0.2, 0) is 0 Å². The number of anilines is 2. The van der Waals surface area contributed by atoms with Gasteiger partial charge in [-0.05, 0) is 18.9 Å². The summed E-state index contributed by atoms with van der Waals surface area (Å²) in [6, 6.07) is 4.19. The van der Waals surface area contributed by atoms with Crippen molar-refractivity contribution in [1.82, 2.24) is 4.98 Å². The van der Waals surface area contributed by atoms with Gasteiger partial charge in [0.15, 0.2) is 0 Å². The molecule has 16 heavy (non-hydrogen) atoms. The minimum absolute atomic E-state index is 0.160. The maximum Gasteiger partial charge on any atom is 0.130 e. The van der Waals surface area contributed by atoms with Crippen LogP contribution < -0.4 is 10.6 Å². The van der Waals surface area contributed by atoms with Crippen LogP contribution in [0.2, 0.25) is 0 Å². The molecule has 0 atom stereocenters. The predicted molar refractivity (Wildman–Crippen MR) is 65.3 cm³/mol. The van der Waals surface area contributed by atoms with Gasteiger partial charge in [-0.3, -0.25) is 0 Å². The van der Waals surface area contributed by atoms with Gasteiger partial charge in [0.2, 0.25) is 0 Å². The molecule has 0 unspecified atom stereocenters. The highest BCUT2D eigenvalue weighted by Gasteiger charge is 2.23. The van der Waals surface area contributed by atoms with Crippen LogP contribution >= 0.6 is 0 Å². The molecule has 0 saturated heterocycles. The third kappa shape index (κ3) is 2.44. The SMILES string of the molecule is Nc1ccnc(N(CCO)C2CCCC2)c1. The zero-order valence-corrected chi connectivity index (χ0v) is 9.47. The molecule has 1 aromatic rings. The zero-order valence-electron chi connectivity index (χ0n) is 9.47. The second-order valence-electron chi connectivity index (χ2n) is 4.30. The van der Waals surface area contributed by atoms with Crippen LogP contribution in [0.15, 0.2) is 18.3 Å². The average Bonchev–Trinajstić information content (AvgIpc) is 2.79. The van der Waals surface area contributed by atoms with Gasteiger partial charge < -0.3 is 15.7 Å². The molecule has 0 radical (unpaired) electrons. The normalized spacial score (nSPS) is 16.6. The van der Waals surface area contributed by atoms with Crippen molar-refractivity contribution in [3.63, 3.8) is 0 Å². The van der Waals surface area contributed by atoms with E-state index in [1.807, 2.05) is 6.07 Å². The molecule has 1 aromatic heterocycles. The van der Waals surface area contributed by atoms with Gasteiger partial charge in [-0.25, -0.2) is 4.98 Å². The fourth-order valence-corrected chi connectivity index (χ4v) is 2.40. The summed E-state index contributed by atoms with van der Waals surface area (Å²) in [7, 11) is 0. The van der Waals surface area contributed by atoms with Crippen LogP contribution in [0.1, 0.15) is 25.7 Å². The molecule has 0 aliphatic heterocycles. The third-order valence-electron chi connectivity index (χ3n) is 3.17. The number of aromatic nitrogens is 1. The van der Waals surface area contributed by atoms with Gasteiger partial charge in [-0.2, -0.15) is 0 Å². The topological polar surface area (TPSA) is 62.4 Å². The van der Waals surface area contributed by atoms with Crippen LogP contribution in [0.5, 0.6) is 0 Å². The lowest BCUT2D eigenvalue weighted by Gasteiger charge is -2.29. The van der Waals surface area contributed by atoms with Crippen molar-refractivity contribution in [1.29, 1.82) is 0 Å². The Labute approximate surface area is 96.1 Å². The highest BCUT2D eigenvalue weighted by molar-refractivity contribution is 5.50. The lowest BCUT2D eigenvalue weighted by molar-refractivity contribution is 0.297. The van der Waals surface area contributed by atoms with Crippen molar-refractivity contribution in [3.05, 3.63) is 18.3 Å². The summed E-state index contributed by atoms with van der Waals surface area (Å²) in [5.74, 6) is 0.890. The molecule has 1 fully saturated rings. The van der Waals surface area contributed by atoms with Crippen molar-refractivity contribution in [3.8, 4) is 0 Å². The number of pyridine rings is 1. The quantitative estimate of drug-likeness (QED) is 0.807. The number of hydrogen-bond acceptors (Lipinski definition) is 4. The van der Waals surface area contributed by atoms with Crippen LogP contribution in [0.25, 0.3) is 0 Å². The molecule has 1 aliphatic rings. The Morgan fingerprint density at radius 2 is 2.19 bits per heavy atom. The number of aliphatic hydroxyl groups is 1. The summed E-state index contributed by atoms with van der Waals surface area (Å²) < 4.78 is 0. The molecule has 1 saturated carbocycles. The van der Waals surface area contributed by atoms with Crippen molar-refractivity contribution in [2.75, 3.05) is 23.8 Å². The number of nitrogens with two attached hydrogens (primary N) is 1. The first-order valence-corrected chi connectivity index (χ1v) is 5.90. The maximum absolute atomic E-state index is 9.13. The molecule has 1 aliphatic carbocycles. The van der Waals surface area contributed by atoms with E-state index < -0.39 is 0 Å². The lowest BCUT2D eigenvalue weighted by atomic mass is 10.2. The van der Waals surface area contributed by atoms with E-state index in [4.69, 9.17) is 10.8 Å². The summed E-state index contributed by atoms with van der Waals surface area (Å²) in [5.41, 5.74) is 6.49. The molecule has 0 aromatic carbocycles. The highest BCUT2D eigenvalue weighted by atomic mass is 16.3. The maximum atomic E-state index is 9.13. The molecule has 2 rings (SSSR count). The zero-order chi connectivity index (χ0) is 11.4. The van der Waals surface area contributed by atoms with E-state index in [-0.39, 0.29) is 6.61 Å². The number of rotatable bonds is 4. The van der Waals surface area contributed by atoms with E-state index in [0.29, 0.717) is 12.6 Å². The first-order valence-electron chi connectivity index (χ1n) is 5.90. The van der Waals surface area contributed by atoms with E-state index in [2.05, 4.69) is 9.88 Å². The fraction of sp³-hybridized carbons (Fsp3) is 0.583. The van der Waals surface area contributed by atoms with Crippen LogP contribution in [-0.4, -0.2) is 29.3 Å². The molecule has 0 spiro atoms. The molecular weight excluding hydrogens is 202 g/mol. The van der Waals surface area contributed by atoms with Gasteiger partial charge in [0.1, 0.15) is 5.82 Å². The van der Waals surface area contributed by atoms with Gasteiger partial charge in [-0.15, -0.1) is 0 Å². The van der Waals surface area contributed by atoms with Gasteiger partial charge in [-0.1, -0.05) is 12.8 Å². The number of aliphatic hydroxyl groups excluding tert-OH is 1. The molecule has 0 bridgehead atoms. The smallest absolute Gasteiger partial charge is 0.130 e. The second-order valence-corrected chi connectivity index (χ2v) is 4.30. The molecule has 3 N–H and O–H groups in total. The number of nitrogens with zero attached hydrogens (tertiary/aromatic N) is 2. The Hall–Kier alpha value is -1.29. The number of hydrogen-bond donors (Lipinski definition) is 2. The fourth-order valence-electron chi connectivity index (χ4n) is 2.40. The third-order valence-corrected chi connectivity index (χ3v) is 3.17. The van der Waals surface area contributed by atoms with Gasteiger partial charge in [0.25, 0.3) is 0 Å². The lowest BCUT2D eigenvalue weighted by Crippen LogP contribution is -2.36. The summed E-state index contributed by atoms with van der Waals surface area (Å²) in [5, 5.41) is 9.13. The van der Waals surface area contributed by atoms with Gasteiger partial charge >= 0.3 is 0 Å².